The number of carboxylic acid groups (broad SMARTS) is 1. The van der Waals surface area contributed by atoms with Crippen molar-refractivity contribution in [3.8, 4) is 5.75 Å². The van der Waals surface area contributed by atoms with Crippen LogP contribution in [0.3, 0.4) is 0 Å². The highest BCUT2D eigenvalue weighted by molar-refractivity contribution is 6.34. The molecule has 0 fully saturated rings. The van der Waals surface area contributed by atoms with Gasteiger partial charge < -0.3 is 14.7 Å². The number of ether oxygens (including phenoxy) is 1. The van der Waals surface area contributed by atoms with E-state index < -0.39 is 11.7 Å². The predicted octanol–water partition coefficient (Wildman–Crippen LogP) is 1.18. The minimum Gasteiger partial charge on any atom is -0.478 e. The second-order valence-electron chi connectivity index (χ2n) is 5.84. The first-order chi connectivity index (χ1) is 11.2. The molecule has 0 bridgehead atoms. The smallest absolute Gasteiger partial charge is 0.337 e. The summed E-state index contributed by atoms with van der Waals surface area (Å²) >= 11 is 0. The summed E-state index contributed by atoms with van der Waals surface area (Å²) in [5.74, 6) is -0.287. The molecule has 5 nitrogen and oxygen atoms in total. The van der Waals surface area contributed by atoms with Crippen LogP contribution in [0.15, 0.2) is 53.3 Å². The zero-order valence-corrected chi connectivity index (χ0v) is 12.1. The number of fused-ring (bicyclic) bond motifs is 3. The largest absolute Gasteiger partial charge is 0.478 e. The number of rotatable bonds is 1. The number of hydrogen-bond acceptors (Lipinski definition) is 4. The number of hydrogen-bond donors (Lipinski definition) is 1. The Morgan fingerprint density at radius 2 is 2.26 bits per heavy atom. The fraction of sp³-hybridized carbons (Fsp3) is 0.111. The molecule has 0 radical (unpaired) electrons. The molecular weight excluding hydrogens is 292 g/mol. The number of allylic oxidation sites excluding steroid dienone is 2. The SMILES string of the molecule is O=C(O)C1=c2c(ccc3c2=CC2=CC=CN4C=CCC24O3)N=C1. The van der Waals surface area contributed by atoms with E-state index in [1.807, 2.05) is 47.7 Å². The van der Waals surface area contributed by atoms with Gasteiger partial charge in [-0.3, -0.25) is 4.99 Å². The van der Waals surface area contributed by atoms with Crippen LogP contribution in [0.2, 0.25) is 0 Å². The number of aliphatic carboxylic acids is 1. The average Bonchev–Trinajstić information content (AvgIpc) is 3.15. The number of carbonyl (C=O) groups is 1. The van der Waals surface area contributed by atoms with E-state index in [0.717, 1.165) is 17.2 Å². The van der Waals surface area contributed by atoms with Gasteiger partial charge in [-0.2, -0.15) is 0 Å². The van der Waals surface area contributed by atoms with Gasteiger partial charge in [0.1, 0.15) is 5.75 Å². The highest BCUT2D eigenvalue weighted by atomic mass is 16.5. The van der Waals surface area contributed by atoms with Crippen LogP contribution in [0, 0.1) is 0 Å². The summed E-state index contributed by atoms with van der Waals surface area (Å²) in [4.78, 5) is 17.7. The third kappa shape index (κ3) is 1.46. The normalized spacial score (nSPS) is 25.1. The first kappa shape index (κ1) is 12.5. The Morgan fingerprint density at radius 3 is 3.13 bits per heavy atom. The first-order valence-electron chi connectivity index (χ1n) is 7.38. The zero-order valence-electron chi connectivity index (χ0n) is 12.1. The van der Waals surface area contributed by atoms with Gasteiger partial charge in [0.2, 0.25) is 5.72 Å². The van der Waals surface area contributed by atoms with E-state index >= 15 is 0 Å². The van der Waals surface area contributed by atoms with Crippen molar-refractivity contribution < 1.29 is 14.6 Å². The van der Waals surface area contributed by atoms with E-state index in [-0.39, 0.29) is 5.57 Å². The summed E-state index contributed by atoms with van der Waals surface area (Å²) in [5, 5.41) is 10.8. The molecule has 1 N–H and O–H groups in total. The lowest BCUT2D eigenvalue weighted by Crippen LogP contribution is -2.52. The maximum absolute atomic E-state index is 11.5. The molecule has 0 aliphatic carbocycles. The van der Waals surface area contributed by atoms with E-state index in [0.29, 0.717) is 16.7 Å². The van der Waals surface area contributed by atoms with E-state index in [2.05, 4.69) is 11.1 Å². The molecule has 0 amide bonds. The Kier molecular flexibility index (Phi) is 2.17. The third-order valence-electron chi connectivity index (χ3n) is 4.65. The van der Waals surface area contributed by atoms with Crippen LogP contribution in [0.25, 0.3) is 11.6 Å². The van der Waals surface area contributed by atoms with Gasteiger partial charge in [0.25, 0.3) is 0 Å². The van der Waals surface area contributed by atoms with Crippen molar-refractivity contribution in [1.82, 2.24) is 4.90 Å². The molecule has 0 aromatic heterocycles. The summed E-state index contributed by atoms with van der Waals surface area (Å²) in [6.45, 7) is 0. The molecule has 4 aliphatic heterocycles. The van der Waals surface area contributed by atoms with Gasteiger partial charge in [-0.05, 0) is 24.3 Å². The minimum atomic E-state index is -0.976. The number of benzene rings is 1. The Morgan fingerprint density at radius 1 is 1.35 bits per heavy atom. The van der Waals surface area contributed by atoms with Crippen molar-refractivity contribution in [2.24, 2.45) is 4.99 Å². The van der Waals surface area contributed by atoms with Gasteiger partial charge in [0.05, 0.1) is 11.3 Å². The summed E-state index contributed by atoms with van der Waals surface area (Å²) in [6.07, 6.45) is 14.2. The van der Waals surface area contributed by atoms with E-state index in [9.17, 15) is 9.90 Å². The molecule has 5 heteroatoms. The summed E-state index contributed by atoms with van der Waals surface area (Å²) < 4.78 is 6.35. The molecule has 1 aromatic carbocycles. The van der Waals surface area contributed by atoms with Crippen molar-refractivity contribution in [3.05, 3.63) is 58.8 Å². The van der Waals surface area contributed by atoms with Crippen molar-refractivity contribution in [1.29, 1.82) is 0 Å². The molecular formula is C18H12N2O3. The first-order valence-corrected chi connectivity index (χ1v) is 7.38. The van der Waals surface area contributed by atoms with Crippen molar-refractivity contribution >= 4 is 29.5 Å². The van der Waals surface area contributed by atoms with Crippen LogP contribution in [0.4, 0.5) is 5.69 Å². The molecule has 4 heterocycles. The maximum Gasteiger partial charge on any atom is 0.337 e. The fourth-order valence-electron chi connectivity index (χ4n) is 3.58. The molecule has 1 unspecified atom stereocenters. The van der Waals surface area contributed by atoms with Gasteiger partial charge in [0.15, 0.2) is 0 Å². The predicted molar refractivity (Wildman–Crippen MR) is 85.5 cm³/mol. The standard InChI is InChI=1S/C18H12N2O3/c21-17(22)13-10-19-14-4-5-15-12(16(13)14)9-11-3-1-7-20-8-2-6-18(11,20)23-15/h1-5,7-10H,6H2,(H,21,22). The van der Waals surface area contributed by atoms with Crippen molar-refractivity contribution in [2.45, 2.75) is 12.1 Å². The minimum absolute atomic E-state index is 0.209. The Hall–Kier alpha value is -3.08. The number of aliphatic imine (C=N–C) groups is 1. The van der Waals surface area contributed by atoms with Gasteiger partial charge in [-0.15, -0.1) is 0 Å². The van der Waals surface area contributed by atoms with Crippen LogP contribution in [0.1, 0.15) is 6.42 Å². The Balaban J connectivity index is 1.84. The molecule has 112 valence electrons. The van der Waals surface area contributed by atoms with Crippen LogP contribution in [0.5, 0.6) is 5.75 Å². The molecule has 4 aliphatic rings. The summed E-state index contributed by atoms with van der Waals surface area (Å²) in [6, 6.07) is 3.68. The fourth-order valence-corrected chi connectivity index (χ4v) is 3.58. The molecule has 0 saturated carbocycles. The second kappa shape index (κ2) is 4.01. The van der Waals surface area contributed by atoms with Crippen LogP contribution < -0.4 is 15.2 Å². The molecule has 23 heavy (non-hydrogen) atoms. The Bertz CT molecular complexity index is 1010. The lowest BCUT2D eigenvalue weighted by atomic mass is 9.92. The number of nitrogens with zero attached hydrogens (tertiary/aromatic N) is 2. The third-order valence-corrected chi connectivity index (χ3v) is 4.65. The van der Waals surface area contributed by atoms with Crippen LogP contribution >= 0.6 is 0 Å². The molecule has 0 saturated heterocycles. The molecule has 1 aromatic rings. The average molecular weight is 304 g/mol. The lowest BCUT2D eigenvalue weighted by molar-refractivity contribution is -0.130. The topological polar surface area (TPSA) is 62.1 Å². The monoisotopic (exact) mass is 304 g/mol. The van der Waals surface area contributed by atoms with Crippen molar-refractivity contribution in [2.75, 3.05) is 0 Å². The van der Waals surface area contributed by atoms with Crippen molar-refractivity contribution in [3.63, 3.8) is 0 Å². The lowest BCUT2D eigenvalue weighted by Gasteiger charge is -2.42. The number of carboxylic acids is 1. The van der Waals surface area contributed by atoms with Gasteiger partial charge in [0, 0.05) is 41.0 Å². The summed E-state index contributed by atoms with van der Waals surface area (Å²) in [7, 11) is 0. The zero-order chi connectivity index (χ0) is 15.6. The van der Waals surface area contributed by atoms with Crippen LogP contribution in [-0.2, 0) is 4.79 Å². The second-order valence-corrected chi connectivity index (χ2v) is 5.84. The van der Waals surface area contributed by atoms with E-state index in [1.54, 1.807) is 0 Å². The van der Waals surface area contributed by atoms with E-state index in [1.165, 1.54) is 6.21 Å². The molecule has 1 atom stereocenters. The molecule has 1 spiro atoms. The molecule has 5 rings (SSSR count). The van der Waals surface area contributed by atoms with Gasteiger partial charge >= 0.3 is 5.97 Å². The van der Waals surface area contributed by atoms with Gasteiger partial charge in [-0.1, -0.05) is 12.2 Å². The highest BCUT2D eigenvalue weighted by Crippen LogP contribution is 2.41. The van der Waals surface area contributed by atoms with Crippen LogP contribution in [-0.4, -0.2) is 27.9 Å². The van der Waals surface area contributed by atoms with Gasteiger partial charge in [-0.25, -0.2) is 4.79 Å². The maximum atomic E-state index is 11.5. The van der Waals surface area contributed by atoms with E-state index in [4.69, 9.17) is 4.74 Å². The summed E-state index contributed by atoms with van der Waals surface area (Å²) in [5.41, 5.74) is 1.35. The Labute approximate surface area is 131 Å². The quantitative estimate of drug-likeness (QED) is 0.846. The highest BCUT2D eigenvalue weighted by Gasteiger charge is 2.45.